The minimum atomic E-state index is -1.20. The molecule has 2 amide bonds. The molecule has 4 aliphatic rings. The fourth-order valence-corrected chi connectivity index (χ4v) is 6.46. The predicted molar refractivity (Wildman–Crippen MR) is 135 cm³/mol. The number of ether oxygens (including phenoxy) is 2. The van der Waals surface area contributed by atoms with Crippen molar-refractivity contribution in [3.8, 4) is 0 Å². The van der Waals surface area contributed by atoms with Gasteiger partial charge in [-0.1, -0.05) is 57.4 Å². The molecule has 1 unspecified atom stereocenters. The van der Waals surface area contributed by atoms with Crippen LogP contribution >= 0.6 is 0 Å². The Morgan fingerprint density at radius 2 is 1.78 bits per heavy atom. The lowest BCUT2D eigenvalue weighted by Crippen LogP contribution is -2.56. The fraction of sp³-hybridized carbons (Fsp3) is 0.750. The molecule has 8 heteroatoms. The number of aliphatic hydroxyl groups is 1. The van der Waals surface area contributed by atoms with Crippen molar-refractivity contribution < 1.29 is 29.0 Å². The van der Waals surface area contributed by atoms with Crippen molar-refractivity contribution >= 4 is 17.8 Å². The molecular weight excluding hydrogens is 460 g/mol. The van der Waals surface area contributed by atoms with E-state index in [4.69, 9.17) is 14.6 Å². The van der Waals surface area contributed by atoms with Crippen LogP contribution in [0.25, 0.3) is 0 Å². The largest absolute Gasteiger partial charge is 0.465 e. The van der Waals surface area contributed by atoms with E-state index < -0.39 is 35.0 Å². The highest BCUT2D eigenvalue weighted by molar-refractivity contribution is 5.99. The summed E-state index contributed by atoms with van der Waals surface area (Å²) in [5.41, 5.74) is -2.19. The molecule has 0 bridgehead atoms. The van der Waals surface area contributed by atoms with E-state index in [0.29, 0.717) is 32.7 Å². The van der Waals surface area contributed by atoms with Crippen molar-refractivity contribution in [1.29, 1.82) is 0 Å². The summed E-state index contributed by atoms with van der Waals surface area (Å²) in [6, 6.07) is -0.802. The average molecular weight is 503 g/mol. The van der Waals surface area contributed by atoms with Crippen molar-refractivity contribution in [3.63, 3.8) is 0 Å². The van der Waals surface area contributed by atoms with Gasteiger partial charge in [0.05, 0.1) is 12.5 Å². The zero-order valence-electron chi connectivity index (χ0n) is 21.8. The van der Waals surface area contributed by atoms with E-state index >= 15 is 0 Å². The smallest absolute Gasteiger partial charge is 0.313 e. The number of fused-ring (bicyclic) bond motifs is 2. The Morgan fingerprint density at radius 1 is 0.972 bits per heavy atom. The second-order valence-corrected chi connectivity index (χ2v) is 10.5. The SMILES string of the molecule is CCCCN1CC=C[C@]23O[C@@]4(CC)/C=C\CCCOC(=O)[C@H]4[C@H]2C(=O)N(CCCCCCO)C3C1=O. The Kier molecular flexibility index (Phi) is 8.56. The highest BCUT2D eigenvalue weighted by atomic mass is 16.6. The number of esters is 1. The second-order valence-electron chi connectivity index (χ2n) is 10.5. The zero-order chi connectivity index (χ0) is 25.8. The van der Waals surface area contributed by atoms with E-state index in [1.807, 2.05) is 36.1 Å². The first kappa shape index (κ1) is 26.9. The molecular formula is C28H42N2O6. The molecule has 4 heterocycles. The van der Waals surface area contributed by atoms with Crippen LogP contribution < -0.4 is 0 Å². The molecule has 0 aromatic rings. The summed E-state index contributed by atoms with van der Waals surface area (Å²) in [6.45, 7) is 6.04. The van der Waals surface area contributed by atoms with Crippen molar-refractivity contribution in [1.82, 2.24) is 9.80 Å². The lowest BCUT2D eigenvalue weighted by Gasteiger charge is -2.38. The number of likely N-dealkylation sites (tertiary alicyclic amines) is 1. The molecule has 0 radical (unpaired) electrons. The maximum atomic E-state index is 14.2. The summed E-state index contributed by atoms with van der Waals surface area (Å²) in [6.07, 6.45) is 14.9. The van der Waals surface area contributed by atoms with Crippen LogP contribution in [-0.2, 0) is 23.9 Å². The molecule has 5 atom stereocenters. The first-order valence-electron chi connectivity index (χ1n) is 13.9. The van der Waals surface area contributed by atoms with Gasteiger partial charge in [0.2, 0.25) is 11.8 Å². The van der Waals surface area contributed by atoms with Crippen molar-refractivity contribution in [2.24, 2.45) is 11.8 Å². The molecule has 4 aliphatic heterocycles. The molecule has 0 aromatic carbocycles. The zero-order valence-corrected chi connectivity index (χ0v) is 21.8. The summed E-state index contributed by atoms with van der Waals surface area (Å²) in [5, 5.41) is 9.10. The fourth-order valence-electron chi connectivity index (χ4n) is 6.46. The van der Waals surface area contributed by atoms with Crippen molar-refractivity contribution in [2.75, 3.05) is 32.8 Å². The van der Waals surface area contributed by atoms with Crippen LogP contribution in [0, 0.1) is 11.8 Å². The van der Waals surface area contributed by atoms with Crippen LogP contribution in [0.3, 0.4) is 0 Å². The molecule has 0 aliphatic carbocycles. The summed E-state index contributed by atoms with van der Waals surface area (Å²) < 4.78 is 12.6. The van der Waals surface area contributed by atoms with Crippen LogP contribution in [0.4, 0.5) is 0 Å². The van der Waals surface area contributed by atoms with E-state index in [-0.39, 0.29) is 18.4 Å². The lowest BCUT2D eigenvalue weighted by molar-refractivity contribution is -0.161. The first-order chi connectivity index (χ1) is 17.5. The van der Waals surface area contributed by atoms with Gasteiger partial charge in [-0.3, -0.25) is 14.4 Å². The van der Waals surface area contributed by atoms with E-state index in [9.17, 15) is 14.4 Å². The number of allylic oxidation sites excluding steroid dienone is 1. The number of aliphatic hydroxyl groups excluding tert-OH is 1. The molecule has 4 rings (SSSR count). The van der Waals surface area contributed by atoms with Gasteiger partial charge in [0.1, 0.15) is 23.2 Å². The van der Waals surface area contributed by atoms with Gasteiger partial charge in [0.15, 0.2) is 0 Å². The highest BCUT2D eigenvalue weighted by Gasteiger charge is 2.75. The molecule has 36 heavy (non-hydrogen) atoms. The summed E-state index contributed by atoms with van der Waals surface area (Å²) in [4.78, 5) is 45.2. The lowest BCUT2D eigenvalue weighted by atomic mass is 9.73. The van der Waals surface area contributed by atoms with Crippen LogP contribution in [-0.4, -0.2) is 82.8 Å². The molecule has 2 saturated heterocycles. The number of carbonyl (C=O) groups is 3. The Morgan fingerprint density at radius 3 is 2.53 bits per heavy atom. The van der Waals surface area contributed by atoms with E-state index in [2.05, 4.69) is 6.92 Å². The summed E-state index contributed by atoms with van der Waals surface area (Å²) in [5.74, 6) is -2.31. The normalized spacial score (nSPS) is 34.9. The Bertz CT molecular complexity index is 887. The number of unbranched alkanes of at least 4 members (excludes halogenated alkanes) is 4. The topological polar surface area (TPSA) is 96.4 Å². The summed E-state index contributed by atoms with van der Waals surface area (Å²) >= 11 is 0. The monoisotopic (exact) mass is 502 g/mol. The third-order valence-electron chi connectivity index (χ3n) is 8.31. The Balaban J connectivity index is 1.76. The number of hydrogen-bond acceptors (Lipinski definition) is 6. The van der Waals surface area contributed by atoms with Gasteiger partial charge in [-0.15, -0.1) is 0 Å². The highest BCUT2D eigenvalue weighted by Crippen LogP contribution is 2.58. The third kappa shape index (κ3) is 4.62. The van der Waals surface area contributed by atoms with Crippen LogP contribution in [0.1, 0.15) is 71.6 Å². The van der Waals surface area contributed by atoms with Gasteiger partial charge >= 0.3 is 5.97 Å². The van der Waals surface area contributed by atoms with E-state index in [1.165, 1.54) is 0 Å². The first-order valence-corrected chi connectivity index (χ1v) is 13.9. The standard InChI is InChI=1S/C28H42N2O6/c1-3-5-16-29-17-13-15-28-21(22-26(34)35-20-12-8-9-14-27(22,4-2)36-28)24(32)30(23(28)25(29)33)18-10-6-7-11-19-31/h9,13-15,21-23,31H,3-8,10-12,16-20H2,1-2H3/b14-9-/t21-,22+,23?,27-,28-/m0/s1. The molecule has 1 N–H and O–H groups in total. The molecule has 200 valence electrons. The number of nitrogens with zero attached hydrogens (tertiary/aromatic N) is 2. The maximum Gasteiger partial charge on any atom is 0.313 e. The summed E-state index contributed by atoms with van der Waals surface area (Å²) in [7, 11) is 0. The Hall–Kier alpha value is -2.19. The molecule has 2 fully saturated rings. The molecule has 1 spiro atoms. The van der Waals surface area contributed by atoms with Gasteiger partial charge in [0.25, 0.3) is 0 Å². The second kappa shape index (κ2) is 11.5. The predicted octanol–water partition coefficient (Wildman–Crippen LogP) is 2.99. The minimum Gasteiger partial charge on any atom is -0.465 e. The molecule has 0 aromatic heterocycles. The number of rotatable bonds is 10. The maximum absolute atomic E-state index is 14.2. The van der Waals surface area contributed by atoms with Crippen LogP contribution in [0.5, 0.6) is 0 Å². The van der Waals surface area contributed by atoms with Gasteiger partial charge in [-0.2, -0.15) is 0 Å². The quantitative estimate of drug-likeness (QED) is 0.280. The van der Waals surface area contributed by atoms with Gasteiger partial charge in [0, 0.05) is 26.2 Å². The third-order valence-corrected chi connectivity index (χ3v) is 8.31. The van der Waals surface area contributed by atoms with Gasteiger partial charge in [-0.05, 0) is 38.5 Å². The Labute approximate surface area is 214 Å². The van der Waals surface area contributed by atoms with Gasteiger partial charge in [-0.25, -0.2) is 0 Å². The number of hydrogen-bond donors (Lipinski definition) is 1. The van der Waals surface area contributed by atoms with Crippen molar-refractivity contribution in [2.45, 2.75) is 88.9 Å². The van der Waals surface area contributed by atoms with Crippen molar-refractivity contribution in [3.05, 3.63) is 24.3 Å². The van der Waals surface area contributed by atoms with Crippen LogP contribution in [0.15, 0.2) is 24.3 Å². The van der Waals surface area contributed by atoms with Gasteiger partial charge < -0.3 is 24.4 Å². The number of cyclic esters (lactones) is 1. The van der Waals surface area contributed by atoms with E-state index in [0.717, 1.165) is 51.4 Å². The van der Waals surface area contributed by atoms with Crippen LogP contribution in [0.2, 0.25) is 0 Å². The van der Waals surface area contributed by atoms with E-state index in [1.54, 1.807) is 4.90 Å². The number of amides is 2. The molecule has 8 nitrogen and oxygen atoms in total. The minimum absolute atomic E-state index is 0.102. The average Bonchev–Trinajstić information content (AvgIpc) is 3.25. The molecule has 0 saturated carbocycles. The number of carbonyl (C=O) groups excluding carboxylic acids is 3.